The Balaban J connectivity index is 0.000000187. The monoisotopic (exact) mass is 156 g/mol. The first-order valence-electron chi connectivity index (χ1n) is 3.82. The smallest absolute Gasteiger partial charge is 0.152 e. The van der Waals surface area contributed by atoms with Crippen LogP contribution in [-0.2, 0) is 4.79 Å². The molecule has 1 heterocycles. The molecular weight excluding hydrogens is 140 g/mol. The van der Waals surface area contributed by atoms with Crippen molar-refractivity contribution in [3.63, 3.8) is 0 Å². The maximum Gasteiger partial charge on any atom is 0.152 e. The van der Waals surface area contributed by atoms with Crippen molar-refractivity contribution in [3.8, 4) is 0 Å². The molecule has 1 aliphatic heterocycles. The molecule has 0 spiro atoms. The molecule has 0 bridgehead atoms. The number of hydrogen-bond donors (Lipinski definition) is 2. The van der Waals surface area contributed by atoms with Crippen LogP contribution in [0.15, 0.2) is 12.7 Å². The quantitative estimate of drug-likeness (QED) is 0.523. The van der Waals surface area contributed by atoms with E-state index in [1.165, 1.54) is 13.0 Å². The predicted molar refractivity (Wildman–Crippen MR) is 46.6 cm³/mol. The molecule has 0 saturated carbocycles. The Hall–Kier alpha value is -0.670. The van der Waals surface area contributed by atoms with E-state index in [-0.39, 0.29) is 5.78 Å². The Bertz CT molecular complexity index is 108. The van der Waals surface area contributed by atoms with Gasteiger partial charge in [-0.05, 0) is 13.0 Å². The Kier molecular flexibility index (Phi) is 6.98. The molecule has 11 heavy (non-hydrogen) atoms. The third-order valence-corrected chi connectivity index (χ3v) is 1.24. The number of nitrogens with one attached hydrogen (secondary N) is 2. The second-order valence-corrected chi connectivity index (χ2v) is 2.31. The highest BCUT2D eigenvalue weighted by Gasteiger charge is 1.91. The maximum absolute atomic E-state index is 9.69. The van der Waals surface area contributed by atoms with Crippen molar-refractivity contribution in [3.05, 3.63) is 12.7 Å². The first-order valence-corrected chi connectivity index (χ1v) is 3.82. The van der Waals surface area contributed by atoms with Crippen LogP contribution in [0.3, 0.4) is 0 Å². The van der Waals surface area contributed by atoms with Gasteiger partial charge in [-0.2, -0.15) is 0 Å². The zero-order valence-electron chi connectivity index (χ0n) is 7.02. The van der Waals surface area contributed by atoms with Gasteiger partial charge in [-0.3, -0.25) is 4.79 Å². The fourth-order valence-electron chi connectivity index (χ4n) is 0.604. The van der Waals surface area contributed by atoms with Crippen molar-refractivity contribution in [2.45, 2.75) is 6.92 Å². The van der Waals surface area contributed by atoms with Crippen LogP contribution in [0.4, 0.5) is 0 Å². The van der Waals surface area contributed by atoms with Crippen LogP contribution in [0.1, 0.15) is 6.92 Å². The van der Waals surface area contributed by atoms with Gasteiger partial charge >= 0.3 is 0 Å². The van der Waals surface area contributed by atoms with Gasteiger partial charge in [-0.1, -0.05) is 6.58 Å². The summed E-state index contributed by atoms with van der Waals surface area (Å²) in [4.78, 5) is 9.69. The van der Waals surface area contributed by atoms with Gasteiger partial charge in [0.15, 0.2) is 5.78 Å². The Morgan fingerprint density at radius 2 is 1.55 bits per heavy atom. The molecule has 0 aliphatic carbocycles. The fourth-order valence-corrected chi connectivity index (χ4v) is 0.604. The van der Waals surface area contributed by atoms with E-state index in [9.17, 15) is 4.79 Å². The van der Waals surface area contributed by atoms with E-state index >= 15 is 0 Å². The van der Waals surface area contributed by atoms with Crippen LogP contribution in [0.5, 0.6) is 0 Å². The summed E-state index contributed by atoms with van der Waals surface area (Å²) in [7, 11) is 0. The lowest BCUT2D eigenvalue weighted by atomic mass is 10.4. The van der Waals surface area contributed by atoms with Crippen LogP contribution in [0, 0.1) is 0 Å². The van der Waals surface area contributed by atoms with Crippen molar-refractivity contribution in [1.29, 1.82) is 0 Å². The molecule has 3 nitrogen and oxygen atoms in total. The number of carbonyl (C=O) groups excluding carboxylic acids is 1. The molecule has 1 saturated heterocycles. The predicted octanol–water partition coefficient (Wildman–Crippen LogP) is -0.0594. The van der Waals surface area contributed by atoms with Crippen LogP contribution in [-0.4, -0.2) is 32.0 Å². The minimum absolute atomic E-state index is 0.0185. The van der Waals surface area contributed by atoms with E-state index in [4.69, 9.17) is 0 Å². The Morgan fingerprint density at radius 1 is 1.27 bits per heavy atom. The van der Waals surface area contributed by atoms with Crippen molar-refractivity contribution in [2.24, 2.45) is 0 Å². The molecular formula is C8H16N2O. The van der Waals surface area contributed by atoms with Crippen LogP contribution in [0.2, 0.25) is 0 Å². The topological polar surface area (TPSA) is 41.1 Å². The van der Waals surface area contributed by atoms with Crippen LogP contribution >= 0.6 is 0 Å². The van der Waals surface area contributed by atoms with E-state index < -0.39 is 0 Å². The third kappa shape index (κ3) is 9.33. The van der Waals surface area contributed by atoms with Crippen molar-refractivity contribution in [1.82, 2.24) is 10.6 Å². The molecule has 3 heteroatoms. The van der Waals surface area contributed by atoms with Gasteiger partial charge in [0.25, 0.3) is 0 Å². The normalized spacial score (nSPS) is 16.1. The summed E-state index contributed by atoms with van der Waals surface area (Å²) in [5.41, 5.74) is 0. The fraction of sp³-hybridized carbons (Fsp3) is 0.625. The second kappa shape index (κ2) is 7.44. The van der Waals surface area contributed by atoms with E-state index in [1.807, 2.05) is 0 Å². The molecule has 64 valence electrons. The van der Waals surface area contributed by atoms with Gasteiger partial charge < -0.3 is 10.6 Å². The minimum Gasteiger partial charge on any atom is -0.314 e. The summed E-state index contributed by atoms with van der Waals surface area (Å²) >= 11 is 0. The lowest BCUT2D eigenvalue weighted by Gasteiger charge is -2.11. The molecule has 1 rings (SSSR count). The summed E-state index contributed by atoms with van der Waals surface area (Å²) in [5.74, 6) is 0.0185. The van der Waals surface area contributed by atoms with Gasteiger partial charge in [0.1, 0.15) is 0 Å². The minimum atomic E-state index is 0.0185. The summed E-state index contributed by atoms with van der Waals surface area (Å²) in [6.45, 7) is 9.23. The Morgan fingerprint density at radius 3 is 1.64 bits per heavy atom. The van der Waals surface area contributed by atoms with Crippen molar-refractivity contribution < 1.29 is 4.79 Å². The van der Waals surface area contributed by atoms with Crippen molar-refractivity contribution in [2.75, 3.05) is 26.2 Å². The largest absolute Gasteiger partial charge is 0.314 e. The lowest BCUT2D eigenvalue weighted by Crippen LogP contribution is -2.39. The highest BCUT2D eigenvalue weighted by atomic mass is 16.1. The zero-order chi connectivity index (χ0) is 8.53. The van der Waals surface area contributed by atoms with Crippen LogP contribution in [0.25, 0.3) is 0 Å². The average molecular weight is 156 g/mol. The number of hydrogen-bond acceptors (Lipinski definition) is 3. The molecule has 1 fully saturated rings. The molecule has 2 N–H and O–H groups in total. The number of ketones is 1. The SMILES string of the molecule is C1CNCCN1.C=CC(C)=O. The van der Waals surface area contributed by atoms with Gasteiger partial charge in [0.2, 0.25) is 0 Å². The lowest BCUT2D eigenvalue weighted by molar-refractivity contribution is -0.112. The van der Waals surface area contributed by atoms with Gasteiger partial charge in [-0.15, -0.1) is 0 Å². The average Bonchev–Trinajstić information content (AvgIpc) is 2.09. The second-order valence-electron chi connectivity index (χ2n) is 2.31. The zero-order valence-corrected chi connectivity index (χ0v) is 7.02. The summed E-state index contributed by atoms with van der Waals surface area (Å²) in [6, 6.07) is 0. The molecule has 0 unspecified atom stereocenters. The molecule has 0 aromatic heterocycles. The molecule has 1 aliphatic rings. The number of piperazine rings is 1. The number of rotatable bonds is 1. The molecule has 0 atom stereocenters. The number of allylic oxidation sites excluding steroid dienone is 1. The molecule has 0 aromatic carbocycles. The van der Waals surface area contributed by atoms with Gasteiger partial charge in [0.05, 0.1) is 0 Å². The third-order valence-electron chi connectivity index (χ3n) is 1.24. The van der Waals surface area contributed by atoms with E-state index in [0.717, 1.165) is 26.2 Å². The summed E-state index contributed by atoms with van der Waals surface area (Å²) < 4.78 is 0. The van der Waals surface area contributed by atoms with Gasteiger partial charge in [0, 0.05) is 26.2 Å². The molecule has 0 radical (unpaired) electrons. The van der Waals surface area contributed by atoms with Gasteiger partial charge in [-0.25, -0.2) is 0 Å². The van der Waals surface area contributed by atoms with Crippen LogP contribution < -0.4 is 10.6 Å². The Labute approximate surface area is 67.9 Å². The standard InChI is InChI=1S/C4H10N2.C4H6O/c1-2-6-4-3-5-1;1-3-4(2)5/h5-6H,1-4H2;3H,1H2,2H3. The molecule has 0 amide bonds. The summed E-state index contributed by atoms with van der Waals surface area (Å²) in [6.07, 6.45) is 1.28. The highest BCUT2D eigenvalue weighted by Crippen LogP contribution is 1.65. The maximum atomic E-state index is 9.69. The first kappa shape index (κ1) is 10.3. The number of carbonyl (C=O) groups is 1. The van der Waals surface area contributed by atoms with E-state index in [2.05, 4.69) is 17.2 Å². The summed E-state index contributed by atoms with van der Waals surface area (Å²) in [5, 5.41) is 6.44. The molecule has 0 aromatic rings. The van der Waals surface area contributed by atoms with E-state index in [1.54, 1.807) is 0 Å². The highest BCUT2D eigenvalue weighted by molar-refractivity contribution is 5.86. The van der Waals surface area contributed by atoms with Crippen molar-refractivity contribution >= 4 is 5.78 Å². The first-order chi connectivity index (χ1) is 5.27. The van der Waals surface area contributed by atoms with E-state index in [0.29, 0.717) is 0 Å².